The van der Waals surface area contributed by atoms with E-state index in [4.69, 9.17) is 4.42 Å². The lowest BCUT2D eigenvalue weighted by atomic mass is 10.1. The molecule has 1 atom stereocenters. The van der Waals surface area contributed by atoms with Crippen molar-refractivity contribution in [1.82, 2.24) is 9.80 Å². The molecule has 0 radical (unpaired) electrons. The predicted octanol–water partition coefficient (Wildman–Crippen LogP) is 2.76. The summed E-state index contributed by atoms with van der Waals surface area (Å²) < 4.78 is 5.63. The van der Waals surface area contributed by atoms with Crippen molar-refractivity contribution in [2.75, 3.05) is 31.5 Å². The SMILES string of the molecule is CC(=O)c1oc2ccccc2c1NC(=O)C(C)N1CCN(C(=O)C(C)C)CC1. The van der Waals surface area contributed by atoms with Crippen molar-refractivity contribution < 1.29 is 18.8 Å². The fourth-order valence-electron chi connectivity index (χ4n) is 3.51. The summed E-state index contributed by atoms with van der Waals surface area (Å²) in [5, 5.41) is 3.60. The third kappa shape index (κ3) is 3.94. The first-order valence-corrected chi connectivity index (χ1v) is 9.65. The molecular weight excluding hydrogens is 358 g/mol. The molecule has 1 unspecified atom stereocenters. The van der Waals surface area contributed by atoms with Gasteiger partial charge in [0.1, 0.15) is 5.58 Å². The molecule has 1 aromatic carbocycles. The molecule has 1 aliphatic rings. The first-order chi connectivity index (χ1) is 13.3. The number of carbonyl (C=O) groups excluding carboxylic acids is 3. The molecule has 0 spiro atoms. The van der Waals surface area contributed by atoms with Crippen LogP contribution in [0.15, 0.2) is 28.7 Å². The van der Waals surface area contributed by atoms with Gasteiger partial charge in [-0.05, 0) is 19.1 Å². The first-order valence-electron chi connectivity index (χ1n) is 9.65. The highest BCUT2D eigenvalue weighted by molar-refractivity contribution is 6.11. The molecule has 2 amide bonds. The monoisotopic (exact) mass is 385 g/mol. The Kier molecular flexibility index (Phi) is 5.84. The Hall–Kier alpha value is -2.67. The van der Waals surface area contributed by atoms with E-state index in [2.05, 4.69) is 10.2 Å². The highest BCUT2D eigenvalue weighted by atomic mass is 16.3. The molecule has 7 heteroatoms. The van der Waals surface area contributed by atoms with Crippen LogP contribution in [0.1, 0.15) is 38.2 Å². The van der Waals surface area contributed by atoms with Crippen LogP contribution in [0.3, 0.4) is 0 Å². The number of hydrogen-bond donors (Lipinski definition) is 1. The van der Waals surface area contributed by atoms with Gasteiger partial charge in [0.15, 0.2) is 11.5 Å². The molecule has 0 bridgehead atoms. The van der Waals surface area contributed by atoms with Gasteiger partial charge in [0.25, 0.3) is 0 Å². The Labute approximate surface area is 164 Å². The van der Waals surface area contributed by atoms with E-state index in [9.17, 15) is 14.4 Å². The first kappa shape index (κ1) is 20.1. The molecule has 1 N–H and O–H groups in total. The summed E-state index contributed by atoms with van der Waals surface area (Å²) in [4.78, 5) is 40.8. The van der Waals surface area contributed by atoms with Crippen LogP contribution >= 0.6 is 0 Å². The van der Waals surface area contributed by atoms with E-state index in [1.165, 1.54) is 6.92 Å². The molecule has 1 aromatic heterocycles. The van der Waals surface area contributed by atoms with E-state index in [0.717, 1.165) is 0 Å². The highest BCUT2D eigenvalue weighted by Crippen LogP contribution is 2.31. The largest absolute Gasteiger partial charge is 0.451 e. The number of Topliss-reactive ketones (excluding diaryl/α,β-unsaturated/α-hetero) is 1. The van der Waals surface area contributed by atoms with E-state index in [-0.39, 0.29) is 35.3 Å². The van der Waals surface area contributed by atoms with E-state index in [1.807, 2.05) is 43.9 Å². The third-order valence-corrected chi connectivity index (χ3v) is 5.21. The van der Waals surface area contributed by atoms with Crippen molar-refractivity contribution in [3.05, 3.63) is 30.0 Å². The number of nitrogens with one attached hydrogen (secondary N) is 1. The molecule has 3 rings (SSSR count). The van der Waals surface area contributed by atoms with Crippen LogP contribution in [0.2, 0.25) is 0 Å². The van der Waals surface area contributed by atoms with Gasteiger partial charge in [-0.2, -0.15) is 0 Å². The lowest BCUT2D eigenvalue weighted by Gasteiger charge is -2.38. The number of ketones is 1. The minimum absolute atomic E-state index is 0.0216. The number of fused-ring (bicyclic) bond motifs is 1. The van der Waals surface area contributed by atoms with Gasteiger partial charge in [-0.1, -0.05) is 26.0 Å². The van der Waals surface area contributed by atoms with Gasteiger partial charge < -0.3 is 14.6 Å². The number of piperazine rings is 1. The van der Waals surface area contributed by atoms with E-state index < -0.39 is 0 Å². The number of furan rings is 1. The number of carbonyl (C=O) groups is 3. The second kappa shape index (κ2) is 8.14. The fraction of sp³-hybridized carbons (Fsp3) is 0.476. The molecule has 150 valence electrons. The van der Waals surface area contributed by atoms with Crippen LogP contribution in [0, 0.1) is 5.92 Å². The molecule has 7 nitrogen and oxygen atoms in total. The highest BCUT2D eigenvalue weighted by Gasteiger charge is 2.29. The Morgan fingerprint density at radius 3 is 2.29 bits per heavy atom. The van der Waals surface area contributed by atoms with Gasteiger partial charge in [0.05, 0.1) is 11.7 Å². The number of anilines is 1. The van der Waals surface area contributed by atoms with Crippen LogP contribution < -0.4 is 5.32 Å². The number of amides is 2. The summed E-state index contributed by atoms with van der Waals surface area (Å²) in [5.41, 5.74) is 0.991. The summed E-state index contributed by atoms with van der Waals surface area (Å²) in [5.74, 6) is -0.147. The van der Waals surface area contributed by atoms with Crippen LogP contribution in [0.25, 0.3) is 11.0 Å². The number of nitrogens with zero attached hydrogens (tertiary/aromatic N) is 2. The molecule has 28 heavy (non-hydrogen) atoms. The van der Waals surface area contributed by atoms with Gasteiger partial charge in [-0.15, -0.1) is 0 Å². The Morgan fingerprint density at radius 1 is 1.04 bits per heavy atom. The van der Waals surface area contributed by atoms with Crippen LogP contribution in [0.5, 0.6) is 0 Å². The van der Waals surface area contributed by atoms with Crippen LogP contribution in [-0.2, 0) is 9.59 Å². The Morgan fingerprint density at radius 2 is 1.68 bits per heavy atom. The average Bonchev–Trinajstić information content (AvgIpc) is 3.05. The van der Waals surface area contributed by atoms with Gasteiger partial charge in [-0.25, -0.2) is 0 Å². The molecule has 2 aromatic rings. The number of para-hydroxylation sites is 1. The molecule has 1 fully saturated rings. The van der Waals surface area contributed by atoms with E-state index in [0.29, 0.717) is 42.8 Å². The van der Waals surface area contributed by atoms with Gasteiger partial charge >= 0.3 is 0 Å². The quantitative estimate of drug-likeness (QED) is 0.800. The molecular formula is C21H27N3O4. The van der Waals surface area contributed by atoms with Crippen molar-refractivity contribution in [3.8, 4) is 0 Å². The summed E-state index contributed by atoms with van der Waals surface area (Å²) in [6.07, 6.45) is 0. The minimum Gasteiger partial charge on any atom is -0.451 e. The van der Waals surface area contributed by atoms with Crippen LogP contribution in [0.4, 0.5) is 5.69 Å². The second-order valence-corrected chi connectivity index (χ2v) is 7.54. The summed E-state index contributed by atoms with van der Waals surface area (Å²) >= 11 is 0. The van der Waals surface area contributed by atoms with Crippen molar-refractivity contribution >= 4 is 34.3 Å². The van der Waals surface area contributed by atoms with Gasteiger partial charge in [-0.3, -0.25) is 19.3 Å². The summed E-state index contributed by atoms with van der Waals surface area (Å²) in [7, 11) is 0. The van der Waals surface area contributed by atoms with Crippen molar-refractivity contribution in [2.45, 2.75) is 33.7 Å². The van der Waals surface area contributed by atoms with Crippen molar-refractivity contribution in [1.29, 1.82) is 0 Å². The Bertz CT molecular complexity index is 894. The van der Waals surface area contributed by atoms with E-state index in [1.54, 1.807) is 6.07 Å². The van der Waals surface area contributed by atoms with Crippen molar-refractivity contribution in [2.24, 2.45) is 5.92 Å². The smallest absolute Gasteiger partial charge is 0.241 e. The Balaban J connectivity index is 1.70. The second-order valence-electron chi connectivity index (χ2n) is 7.54. The van der Waals surface area contributed by atoms with Gasteiger partial charge in [0.2, 0.25) is 11.8 Å². The van der Waals surface area contributed by atoms with Gasteiger partial charge in [0, 0.05) is 44.4 Å². The zero-order valence-corrected chi connectivity index (χ0v) is 16.8. The molecule has 2 heterocycles. The fourth-order valence-corrected chi connectivity index (χ4v) is 3.51. The van der Waals surface area contributed by atoms with Crippen LogP contribution in [-0.4, -0.2) is 59.6 Å². The zero-order chi connectivity index (χ0) is 20.4. The molecule has 0 saturated carbocycles. The number of benzene rings is 1. The molecule has 0 aliphatic carbocycles. The normalized spacial score (nSPS) is 16.4. The number of rotatable bonds is 5. The average molecular weight is 385 g/mol. The predicted molar refractivity (Wildman–Crippen MR) is 107 cm³/mol. The standard InChI is InChI=1S/C21H27N3O4/c1-13(2)21(27)24-11-9-23(10-12-24)14(3)20(26)22-18-16-7-5-6-8-17(16)28-19(18)15(4)25/h5-8,13-14H,9-12H2,1-4H3,(H,22,26). The topological polar surface area (TPSA) is 82.9 Å². The summed E-state index contributed by atoms with van der Waals surface area (Å²) in [6.45, 7) is 9.55. The maximum Gasteiger partial charge on any atom is 0.241 e. The maximum absolute atomic E-state index is 12.9. The lowest BCUT2D eigenvalue weighted by Crippen LogP contribution is -2.54. The van der Waals surface area contributed by atoms with E-state index >= 15 is 0 Å². The maximum atomic E-state index is 12.9. The third-order valence-electron chi connectivity index (χ3n) is 5.21. The molecule has 1 saturated heterocycles. The summed E-state index contributed by atoms with van der Waals surface area (Å²) in [6, 6.07) is 6.87. The minimum atomic E-state index is -0.384. The lowest BCUT2D eigenvalue weighted by molar-refractivity contribution is -0.136. The molecule has 1 aliphatic heterocycles. The van der Waals surface area contributed by atoms with Crippen molar-refractivity contribution in [3.63, 3.8) is 0 Å². The zero-order valence-electron chi connectivity index (χ0n) is 16.8. The number of hydrogen-bond acceptors (Lipinski definition) is 5.